The Morgan fingerprint density at radius 1 is 1.43 bits per heavy atom. The van der Waals surface area contributed by atoms with E-state index in [2.05, 4.69) is 15.8 Å². The van der Waals surface area contributed by atoms with E-state index in [9.17, 15) is 9.59 Å². The Morgan fingerprint density at radius 2 is 2.07 bits per heavy atom. The van der Waals surface area contributed by atoms with Crippen molar-refractivity contribution in [1.82, 2.24) is 10.4 Å². The average molecular weight is 192 g/mol. The highest BCUT2D eigenvalue weighted by atomic mass is 16.2. The van der Waals surface area contributed by atoms with Gasteiger partial charge in [-0.25, -0.2) is 5.43 Å². The molecule has 6 heteroatoms. The fourth-order valence-electron chi connectivity index (χ4n) is 0.670. The van der Waals surface area contributed by atoms with Crippen LogP contribution in [0.25, 0.3) is 0 Å². The zero-order valence-electron chi connectivity index (χ0n) is 7.18. The summed E-state index contributed by atoms with van der Waals surface area (Å²) < 4.78 is 0. The van der Waals surface area contributed by atoms with E-state index in [4.69, 9.17) is 0 Å². The maximum Gasteiger partial charge on any atom is 0.329 e. The molecule has 1 rings (SSSR count). The molecular weight excluding hydrogens is 184 g/mol. The average Bonchev–Trinajstić information content (AvgIpc) is 2.19. The zero-order valence-corrected chi connectivity index (χ0v) is 7.18. The summed E-state index contributed by atoms with van der Waals surface area (Å²) in [6.45, 7) is 0. The number of carbonyl (C=O) groups is 2. The number of rotatable bonds is 2. The second-order valence-corrected chi connectivity index (χ2v) is 2.34. The Balaban J connectivity index is 2.50. The molecule has 0 unspecified atom stereocenters. The molecule has 0 aliphatic carbocycles. The van der Waals surface area contributed by atoms with Crippen LogP contribution in [0.4, 0.5) is 0 Å². The maximum atomic E-state index is 10.6. The van der Waals surface area contributed by atoms with Gasteiger partial charge in [0.25, 0.3) is 0 Å². The van der Waals surface area contributed by atoms with Gasteiger partial charge in [-0.15, -0.1) is 0 Å². The van der Waals surface area contributed by atoms with Crippen LogP contribution in [0.3, 0.4) is 0 Å². The molecule has 0 bridgehead atoms. The molecule has 3 N–H and O–H groups in total. The molecule has 0 atom stereocenters. The van der Waals surface area contributed by atoms with Gasteiger partial charge < -0.3 is 5.73 Å². The van der Waals surface area contributed by atoms with Crippen molar-refractivity contribution in [2.24, 2.45) is 10.8 Å². The van der Waals surface area contributed by atoms with Gasteiger partial charge in [0, 0.05) is 12.4 Å². The normalized spacial score (nSPS) is 10.0. The number of hydrazone groups is 1. The van der Waals surface area contributed by atoms with Gasteiger partial charge in [0.15, 0.2) is 0 Å². The van der Waals surface area contributed by atoms with Crippen molar-refractivity contribution in [2.75, 3.05) is 0 Å². The Morgan fingerprint density at radius 3 is 2.64 bits per heavy atom. The van der Waals surface area contributed by atoms with Crippen LogP contribution in [0.1, 0.15) is 5.56 Å². The first-order chi connectivity index (χ1) is 6.70. The van der Waals surface area contributed by atoms with Crippen LogP contribution in [0.15, 0.2) is 29.6 Å². The van der Waals surface area contributed by atoms with E-state index in [1.165, 1.54) is 6.21 Å². The quantitative estimate of drug-likeness (QED) is 0.358. The van der Waals surface area contributed by atoms with Gasteiger partial charge in [-0.3, -0.25) is 14.6 Å². The summed E-state index contributed by atoms with van der Waals surface area (Å²) in [5.74, 6) is -2.02. The van der Waals surface area contributed by atoms with E-state index < -0.39 is 11.8 Å². The number of hydrogen-bond acceptors (Lipinski definition) is 4. The summed E-state index contributed by atoms with van der Waals surface area (Å²) >= 11 is 0. The standard InChI is InChI=1S/C8H8N4O2/c9-7(13)8(14)12-11-5-6-1-3-10-4-2-6/h1-5H,(H2,9,13)(H,12,14). The minimum absolute atomic E-state index is 0.754. The van der Waals surface area contributed by atoms with Crippen molar-refractivity contribution < 1.29 is 9.59 Å². The molecule has 0 aliphatic rings. The molecule has 0 aromatic carbocycles. The molecule has 0 saturated heterocycles. The molecule has 72 valence electrons. The van der Waals surface area contributed by atoms with Gasteiger partial charge >= 0.3 is 11.8 Å². The lowest BCUT2D eigenvalue weighted by Gasteiger charge is -1.93. The Labute approximate surface area is 79.8 Å². The van der Waals surface area contributed by atoms with E-state index in [-0.39, 0.29) is 0 Å². The predicted molar refractivity (Wildman–Crippen MR) is 49.2 cm³/mol. The summed E-state index contributed by atoms with van der Waals surface area (Å²) in [5, 5.41) is 3.51. The van der Waals surface area contributed by atoms with Crippen LogP contribution >= 0.6 is 0 Å². The van der Waals surface area contributed by atoms with Gasteiger partial charge in [0.1, 0.15) is 0 Å². The molecule has 1 aromatic rings. The first-order valence-corrected chi connectivity index (χ1v) is 3.73. The van der Waals surface area contributed by atoms with Gasteiger partial charge in [-0.2, -0.15) is 5.10 Å². The van der Waals surface area contributed by atoms with Gasteiger partial charge in [0.2, 0.25) is 0 Å². The van der Waals surface area contributed by atoms with Crippen LogP contribution in [0.5, 0.6) is 0 Å². The highest BCUT2D eigenvalue weighted by Crippen LogP contribution is 1.89. The van der Waals surface area contributed by atoms with Crippen molar-refractivity contribution >= 4 is 18.0 Å². The van der Waals surface area contributed by atoms with E-state index >= 15 is 0 Å². The third kappa shape index (κ3) is 3.02. The van der Waals surface area contributed by atoms with Crippen molar-refractivity contribution in [3.63, 3.8) is 0 Å². The maximum absolute atomic E-state index is 10.6. The third-order valence-corrected chi connectivity index (χ3v) is 1.31. The fourth-order valence-corrected chi connectivity index (χ4v) is 0.670. The predicted octanol–water partition coefficient (Wildman–Crippen LogP) is -0.983. The van der Waals surface area contributed by atoms with E-state index in [1.807, 2.05) is 5.43 Å². The molecule has 2 amide bonds. The zero-order chi connectivity index (χ0) is 10.4. The molecule has 0 aliphatic heterocycles. The minimum atomic E-state index is -1.07. The van der Waals surface area contributed by atoms with Crippen LogP contribution in [0, 0.1) is 0 Å². The van der Waals surface area contributed by atoms with Crippen LogP contribution in [-0.2, 0) is 9.59 Å². The lowest BCUT2D eigenvalue weighted by atomic mass is 10.3. The molecule has 1 aromatic heterocycles. The van der Waals surface area contributed by atoms with Crippen LogP contribution < -0.4 is 11.2 Å². The molecule has 0 radical (unpaired) electrons. The summed E-state index contributed by atoms with van der Waals surface area (Å²) in [4.78, 5) is 24.7. The lowest BCUT2D eigenvalue weighted by Crippen LogP contribution is -2.32. The highest BCUT2D eigenvalue weighted by molar-refractivity contribution is 6.34. The number of nitrogens with zero attached hydrogens (tertiary/aromatic N) is 2. The first-order valence-electron chi connectivity index (χ1n) is 3.73. The molecule has 1 heterocycles. The van der Waals surface area contributed by atoms with Gasteiger partial charge in [-0.1, -0.05) is 0 Å². The van der Waals surface area contributed by atoms with E-state index in [0.29, 0.717) is 0 Å². The number of aromatic nitrogens is 1. The number of amides is 2. The smallest absolute Gasteiger partial charge is 0.329 e. The molecule has 0 fully saturated rings. The summed E-state index contributed by atoms with van der Waals surface area (Å²) in [7, 11) is 0. The number of hydrogen-bond donors (Lipinski definition) is 2. The molecule has 6 nitrogen and oxygen atoms in total. The van der Waals surface area contributed by atoms with Crippen molar-refractivity contribution in [3.8, 4) is 0 Å². The minimum Gasteiger partial charge on any atom is -0.361 e. The van der Waals surface area contributed by atoms with Gasteiger partial charge in [-0.05, 0) is 17.7 Å². The SMILES string of the molecule is NC(=O)C(=O)NN=Cc1ccncc1. The number of primary amides is 1. The van der Waals surface area contributed by atoms with E-state index in [0.717, 1.165) is 5.56 Å². The number of nitrogens with one attached hydrogen (secondary N) is 1. The Kier molecular flexibility index (Phi) is 3.31. The fraction of sp³-hybridized carbons (Fsp3) is 0. The molecule has 0 saturated carbocycles. The summed E-state index contributed by atoms with van der Waals surface area (Å²) in [6.07, 6.45) is 4.54. The summed E-state index contributed by atoms with van der Waals surface area (Å²) in [5.41, 5.74) is 7.40. The topological polar surface area (TPSA) is 97.4 Å². The van der Waals surface area contributed by atoms with Crippen molar-refractivity contribution in [1.29, 1.82) is 0 Å². The van der Waals surface area contributed by atoms with Crippen molar-refractivity contribution in [2.45, 2.75) is 0 Å². The number of carbonyl (C=O) groups excluding carboxylic acids is 2. The van der Waals surface area contributed by atoms with Crippen LogP contribution in [0.2, 0.25) is 0 Å². The molecule has 0 spiro atoms. The van der Waals surface area contributed by atoms with Gasteiger partial charge in [0.05, 0.1) is 6.21 Å². The number of nitrogens with two attached hydrogens (primary N) is 1. The van der Waals surface area contributed by atoms with Crippen molar-refractivity contribution in [3.05, 3.63) is 30.1 Å². The third-order valence-electron chi connectivity index (χ3n) is 1.31. The van der Waals surface area contributed by atoms with Crippen LogP contribution in [-0.4, -0.2) is 23.0 Å². The Hall–Kier alpha value is -2.24. The Bertz CT molecular complexity index is 361. The second-order valence-electron chi connectivity index (χ2n) is 2.34. The lowest BCUT2D eigenvalue weighted by molar-refractivity contribution is -0.137. The number of pyridine rings is 1. The molecular formula is C8H8N4O2. The summed E-state index contributed by atoms with van der Waals surface area (Å²) in [6, 6.07) is 3.39. The highest BCUT2D eigenvalue weighted by Gasteiger charge is 2.04. The monoisotopic (exact) mass is 192 g/mol. The second kappa shape index (κ2) is 4.70. The first kappa shape index (κ1) is 9.85. The molecule has 14 heavy (non-hydrogen) atoms. The largest absolute Gasteiger partial charge is 0.361 e. The van der Waals surface area contributed by atoms with E-state index in [1.54, 1.807) is 24.5 Å².